The zero-order chi connectivity index (χ0) is 12.4. The SMILES string of the molecule is O=C(C1CCCN1)N1CCOC(C2CCCO2)C1. The fourth-order valence-electron chi connectivity index (χ4n) is 3.11. The van der Waals surface area contributed by atoms with Gasteiger partial charge in [0.25, 0.3) is 0 Å². The minimum absolute atomic E-state index is 0.0354. The van der Waals surface area contributed by atoms with E-state index in [0.29, 0.717) is 13.2 Å². The highest BCUT2D eigenvalue weighted by atomic mass is 16.5. The number of nitrogens with one attached hydrogen (secondary N) is 1. The predicted octanol–water partition coefficient (Wildman–Crippen LogP) is 0.145. The molecule has 3 aliphatic heterocycles. The molecule has 3 unspecified atom stereocenters. The molecule has 0 aliphatic carbocycles. The van der Waals surface area contributed by atoms with Crippen molar-refractivity contribution in [3.05, 3.63) is 0 Å². The van der Waals surface area contributed by atoms with E-state index in [1.807, 2.05) is 4.90 Å². The molecule has 1 amide bonds. The molecule has 0 radical (unpaired) electrons. The molecule has 3 heterocycles. The Hall–Kier alpha value is -0.650. The van der Waals surface area contributed by atoms with E-state index < -0.39 is 0 Å². The Kier molecular flexibility index (Phi) is 3.82. The second-order valence-electron chi connectivity index (χ2n) is 5.39. The normalized spacial score (nSPS) is 37.1. The van der Waals surface area contributed by atoms with E-state index in [1.54, 1.807) is 0 Å². The van der Waals surface area contributed by atoms with Crippen molar-refractivity contribution in [2.45, 2.75) is 43.9 Å². The number of ether oxygens (including phenoxy) is 2. The predicted molar refractivity (Wildman–Crippen MR) is 66.3 cm³/mol. The maximum absolute atomic E-state index is 12.3. The molecule has 0 spiro atoms. The summed E-state index contributed by atoms with van der Waals surface area (Å²) in [5.74, 6) is 0.249. The highest BCUT2D eigenvalue weighted by Crippen LogP contribution is 2.21. The molecule has 0 bridgehead atoms. The second-order valence-corrected chi connectivity index (χ2v) is 5.39. The van der Waals surface area contributed by atoms with Crippen LogP contribution >= 0.6 is 0 Å². The van der Waals surface area contributed by atoms with E-state index in [4.69, 9.17) is 9.47 Å². The summed E-state index contributed by atoms with van der Waals surface area (Å²) in [5, 5.41) is 3.27. The molecule has 5 nitrogen and oxygen atoms in total. The molecule has 0 saturated carbocycles. The first-order valence-corrected chi connectivity index (χ1v) is 7.10. The maximum Gasteiger partial charge on any atom is 0.239 e. The van der Waals surface area contributed by atoms with Crippen LogP contribution in [0, 0.1) is 0 Å². The zero-order valence-corrected chi connectivity index (χ0v) is 10.8. The lowest BCUT2D eigenvalue weighted by molar-refractivity contribution is -0.146. The quantitative estimate of drug-likeness (QED) is 0.762. The van der Waals surface area contributed by atoms with Crippen LogP contribution in [0.15, 0.2) is 0 Å². The monoisotopic (exact) mass is 254 g/mol. The molecular formula is C13H22N2O3. The van der Waals surface area contributed by atoms with E-state index in [-0.39, 0.29) is 24.2 Å². The van der Waals surface area contributed by atoms with Crippen molar-refractivity contribution in [2.24, 2.45) is 0 Å². The second kappa shape index (κ2) is 5.55. The van der Waals surface area contributed by atoms with Gasteiger partial charge in [0.2, 0.25) is 5.91 Å². The van der Waals surface area contributed by atoms with Crippen molar-refractivity contribution in [3.8, 4) is 0 Å². The van der Waals surface area contributed by atoms with Crippen molar-refractivity contribution in [2.75, 3.05) is 32.8 Å². The van der Waals surface area contributed by atoms with Gasteiger partial charge in [0.15, 0.2) is 0 Å². The third-order valence-corrected chi connectivity index (χ3v) is 4.14. The molecule has 0 aromatic rings. The highest BCUT2D eigenvalue weighted by Gasteiger charge is 2.35. The van der Waals surface area contributed by atoms with Crippen LogP contribution in [-0.2, 0) is 14.3 Å². The maximum atomic E-state index is 12.3. The third kappa shape index (κ3) is 2.53. The summed E-state index contributed by atoms with van der Waals surface area (Å²) < 4.78 is 11.4. The lowest BCUT2D eigenvalue weighted by atomic mass is 10.1. The molecule has 3 saturated heterocycles. The fraction of sp³-hybridized carbons (Fsp3) is 0.923. The molecule has 3 rings (SSSR count). The summed E-state index contributed by atoms with van der Waals surface area (Å²) in [5.41, 5.74) is 0. The van der Waals surface area contributed by atoms with Gasteiger partial charge in [-0.25, -0.2) is 0 Å². The van der Waals surface area contributed by atoms with Crippen LogP contribution in [-0.4, -0.2) is 61.9 Å². The average molecular weight is 254 g/mol. The number of nitrogens with zero attached hydrogens (tertiary/aromatic N) is 1. The number of amides is 1. The minimum atomic E-state index is 0.0354. The van der Waals surface area contributed by atoms with Gasteiger partial charge in [0.1, 0.15) is 6.10 Å². The standard InChI is InChI=1S/C13H22N2O3/c16-13(10-3-1-5-14-10)15-6-8-18-12(9-15)11-4-2-7-17-11/h10-12,14H,1-9H2. The molecule has 5 heteroatoms. The topological polar surface area (TPSA) is 50.8 Å². The van der Waals surface area contributed by atoms with Gasteiger partial charge in [0, 0.05) is 19.7 Å². The number of hydrogen-bond donors (Lipinski definition) is 1. The largest absolute Gasteiger partial charge is 0.375 e. The first kappa shape index (κ1) is 12.4. The van der Waals surface area contributed by atoms with Crippen LogP contribution < -0.4 is 5.32 Å². The summed E-state index contributed by atoms with van der Waals surface area (Å²) in [6, 6.07) is 0.0354. The average Bonchev–Trinajstić information content (AvgIpc) is 3.11. The Balaban J connectivity index is 1.57. The Morgan fingerprint density at radius 2 is 2.00 bits per heavy atom. The first-order chi connectivity index (χ1) is 8.84. The van der Waals surface area contributed by atoms with Crippen molar-refractivity contribution in [1.29, 1.82) is 0 Å². The smallest absolute Gasteiger partial charge is 0.239 e. The summed E-state index contributed by atoms with van der Waals surface area (Å²) in [6.45, 7) is 3.86. The summed E-state index contributed by atoms with van der Waals surface area (Å²) in [6.07, 6.45) is 4.53. The Bertz CT molecular complexity index is 299. The molecule has 0 aromatic heterocycles. The molecule has 3 fully saturated rings. The fourth-order valence-corrected chi connectivity index (χ4v) is 3.11. The molecular weight excluding hydrogens is 232 g/mol. The van der Waals surface area contributed by atoms with E-state index in [1.165, 1.54) is 0 Å². The van der Waals surface area contributed by atoms with Crippen LogP contribution in [0.4, 0.5) is 0 Å². The van der Waals surface area contributed by atoms with E-state index >= 15 is 0 Å². The zero-order valence-electron chi connectivity index (χ0n) is 10.8. The van der Waals surface area contributed by atoms with Crippen LogP contribution in [0.3, 0.4) is 0 Å². The van der Waals surface area contributed by atoms with E-state index in [9.17, 15) is 4.79 Å². The number of rotatable bonds is 2. The summed E-state index contributed by atoms with van der Waals surface area (Å²) in [4.78, 5) is 14.3. The van der Waals surface area contributed by atoms with Gasteiger partial charge in [-0.3, -0.25) is 4.79 Å². The van der Waals surface area contributed by atoms with Crippen LogP contribution in [0.25, 0.3) is 0 Å². The molecule has 3 aliphatic rings. The lowest BCUT2D eigenvalue weighted by Crippen LogP contribution is -2.53. The van der Waals surface area contributed by atoms with Crippen LogP contribution in [0.5, 0.6) is 0 Å². The molecule has 102 valence electrons. The van der Waals surface area contributed by atoms with Gasteiger partial charge in [-0.05, 0) is 32.2 Å². The number of hydrogen-bond acceptors (Lipinski definition) is 4. The molecule has 0 aromatic carbocycles. The number of carbonyl (C=O) groups is 1. The van der Waals surface area contributed by atoms with Gasteiger partial charge in [-0.2, -0.15) is 0 Å². The van der Waals surface area contributed by atoms with E-state index in [2.05, 4.69) is 5.32 Å². The lowest BCUT2D eigenvalue weighted by Gasteiger charge is -2.36. The summed E-state index contributed by atoms with van der Waals surface area (Å²) in [7, 11) is 0. The molecule has 3 atom stereocenters. The van der Waals surface area contributed by atoms with E-state index in [0.717, 1.165) is 45.4 Å². The Morgan fingerprint density at radius 3 is 2.72 bits per heavy atom. The van der Waals surface area contributed by atoms with Gasteiger partial charge in [-0.15, -0.1) is 0 Å². The minimum Gasteiger partial charge on any atom is -0.375 e. The highest BCUT2D eigenvalue weighted by molar-refractivity contribution is 5.82. The molecule has 1 N–H and O–H groups in total. The molecule has 18 heavy (non-hydrogen) atoms. The van der Waals surface area contributed by atoms with Crippen molar-refractivity contribution < 1.29 is 14.3 Å². The first-order valence-electron chi connectivity index (χ1n) is 7.10. The van der Waals surface area contributed by atoms with Gasteiger partial charge in [0.05, 0.1) is 18.8 Å². The number of carbonyl (C=O) groups excluding carboxylic acids is 1. The van der Waals surface area contributed by atoms with Crippen molar-refractivity contribution >= 4 is 5.91 Å². The van der Waals surface area contributed by atoms with Gasteiger partial charge < -0.3 is 19.7 Å². The van der Waals surface area contributed by atoms with Crippen LogP contribution in [0.2, 0.25) is 0 Å². The number of morpholine rings is 1. The summed E-state index contributed by atoms with van der Waals surface area (Å²) >= 11 is 0. The van der Waals surface area contributed by atoms with Crippen LogP contribution in [0.1, 0.15) is 25.7 Å². The van der Waals surface area contributed by atoms with Gasteiger partial charge in [-0.1, -0.05) is 0 Å². The Labute approximate surface area is 108 Å². The van der Waals surface area contributed by atoms with Crippen molar-refractivity contribution in [3.63, 3.8) is 0 Å². The Morgan fingerprint density at radius 1 is 1.11 bits per heavy atom. The van der Waals surface area contributed by atoms with Crippen molar-refractivity contribution in [1.82, 2.24) is 10.2 Å². The third-order valence-electron chi connectivity index (χ3n) is 4.14. The van der Waals surface area contributed by atoms with Gasteiger partial charge >= 0.3 is 0 Å².